The number of carbonyl (C=O) groups excluding carboxylic acids is 1. The molecule has 10 nitrogen and oxygen atoms in total. The van der Waals surface area contributed by atoms with Gasteiger partial charge in [-0.3, -0.25) is 18.7 Å². The highest BCUT2D eigenvalue weighted by molar-refractivity contribution is 6.39. The van der Waals surface area contributed by atoms with Crippen LogP contribution in [0.4, 0.5) is 10.1 Å². The zero-order chi connectivity index (χ0) is 35.9. The SMILES string of the molecule is C=CC(=O)N1CC2CCc3c(c4cc(F)c(-c5c(C)ccc6[nH]c(=O)n(C)c56)c(Cl)c4n(-c4c(C(C)C)ncnc4C(C)C)c3=O)N2CC1C. The fraction of sp³-hybridized carbons (Fsp3) is 0.395. The first-order valence-electron chi connectivity index (χ1n) is 17.1. The molecule has 1 N–H and O–H groups in total. The van der Waals surface area contributed by atoms with Gasteiger partial charge in [-0.05, 0) is 62.3 Å². The molecule has 2 unspecified atom stereocenters. The average Bonchev–Trinajstić information content (AvgIpc) is 3.37. The van der Waals surface area contributed by atoms with E-state index in [0.29, 0.717) is 87.3 Å². The van der Waals surface area contributed by atoms with E-state index in [1.807, 2.05) is 52.5 Å². The fourth-order valence-corrected chi connectivity index (χ4v) is 8.41. The Kier molecular flexibility index (Phi) is 8.24. The van der Waals surface area contributed by atoms with E-state index in [9.17, 15) is 9.59 Å². The number of pyridine rings is 1. The van der Waals surface area contributed by atoms with Crippen molar-refractivity contribution in [3.05, 3.63) is 91.4 Å². The quantitative estimate of drug-likeness (QED) is 0.210. The van der Waals surface area contributed by atoms with Crippen LogP contribution in [0.5, 0.6) is 0 Å². The predicted molar refractivity (Wildman–Crippen MR) is 196 cm³/mol. The highest BCUT2D eigenvalue weighted by Gasteiger charge is 2.40. The number of hydrogen-bond acceptors (Lipinski definition) is 6. The van der Waals surface area contributed by atoms with E-state index in [4.69, 9.17) is 11.6 Å². The molecule has 2 aliphatic rings. The van der Waals surface area contributed by atoms with E-state index in [1.54, 1.807) is 17.7 Å². The molecule has 7 rings (SSSR count). The first-order chi connectivity index (χ1) is 23.8. The number of aryl methyl sites for hydroxylation is 2. The first kappa shape index (κ1) is 33.7. The van der Waals surface area contributed by atoms with Crippen LogP contribution in [-0.2, 0) is 18.3 Å². The number of carbonyl (C=O) groups is 1. The Morgan fingerprint density at radius 3 is 2.38 bits per heavy atom. The number of H-pyrrole nitrogens is 1. The van der Waals surface area contributed by atoms with Gasteiger partial charge in [0.15, 0.2) is 0 Å². The largest absolute Gasteiger partial charge is 0.364 e. The lowest BCUT2D eigenvalue weighted by Crippen LogP contribution is -2.60. The summed E-state index contributed by atoms with van der Waals surface area (Å²) in [6.45, 7) is 16.5. The Bertz CT molecular complexity index is 2350. The number of nitrogens with zero attached hydrogens (tertiary/aromatic N) is 6. The normalized spacial score (nSPS) is 17.6. The van der Waals surface area contributed by atoms with Crippen LogP contribution in [0.3, 0.4) is 0 Å². The molecule has 3 aromatic heterocycles. The Morgan fingerprint density at radius 2 is 1.74 bits per heavy atom. The smallest absolute Gasteiger partial charge is 0.326 e. The number of hydrogen-bond donors (Lipinski definition) is 1. The van der Waals surface area contributed by atoms with Gasteiger partial charge in [-0.15, -0.1) is 0 Å². The van der Waals surface area contributed by atoms with Crippen LogP contribution in [0.15, 0.2) is 46.8 Å². The highest BCUT2D eigenvalue weighted by Crippen LogP contribution is 2.47. The molecular formula is C38H41ClFN7O3. The minimum absolute atomic E-state index is 0.0491. The van der Waals surface area contributed by atoms with Crippen molar-refractivity contribution in [2.45, 2.75) is 78.3 Å². The van der Waals surface area contributed by atoms with Crippen LogP contribution in [0.1, 0.15) is 75.4 Å². The molecule has 260 valence electrons. The molecule has 0 saturated carbocycles. The molecule has 0 aliphatic carbocycles. The van der Waals surface area contributed by atoms with Crippen LogP contribution in [0, 0.1) is 12.7 Å². The number of anilines is 1. The van der Waals surface area contributed by atoms with Crippen molar-refractivity contribution in [3.8, 4) is 16.8 Å². The van der Waals surface area contributed by atoms with Gasteiger partial charge < -0.3 is 14.8 Å². The average molecular weight is 698 g/mol. The number of imidazole rings is 1. The number of piperazine rings is 1. The monoisotopic (exact) mass is 697 g/mol. The third-order valence-corrected chi connectivity index (χ3v) is 10.8. The summed E-state index contributed by atoms with van der Waals surface area (Å²) >= 11 is 7.51. The van der Waals surface area contributed by atoms with Crippen LogP contribution in [0.25, 0.3) is 38.8 Å². The Morgan fingerprint density at radius 1 is 1.06 bits per heavy atom. The molecule has 0 spiro atoms. The fourth-order valence-electron chi connectivity index (χ4n) is 8.04. The Balaban J connectivity index is 1.65. The maximum absolute atomic E-state index is 17.1. The summed E-state index contributed by atoms with van der Waals surface area (Å²) in [5, 5.41) is 0.542. The van der Waals surface area contributed by atoms with Crippen molar-refractivity contribution in [3.63, 3.8) is 0 Å². The summed E-state index contributed by atoms with van der Waals surface area (Å²) in [4.78, 5) is 56.9. The van der Waals surface area contributed by atoms with E-state index in [1.165, 1.54) is 23.0 Å². The molecule has 2 aromatic carbocycles. The lowest BCUT2D eigenvalue weighted by Gasteiger charge is -2.49. The van der Waals surface area contributed by atoms with Crippen LogP contribution >= 0.6 is 11.6 Å². The topological polar surface area (TPSA) is 109 Å². The molecule has 2 atom stereocenters. The zero-order valence-electron chi connectivity index (χ0n) is 29.4. The molecule has 12 heteroatoms. The van der Waals surface area contributed by atoms with E-state index in [-0.39, 0.29) is 51.7 Å². The molecule has 5 aromatic rings. The van der Waals surface area contributed by atoms with Crippen molar-refractivity contribution in [1.82, 2.24) is 29.0 Å². The lowest BCUT2D eigenvalue weighted by atomic mass is 9.89. The van der Waals surface area contributed by atoms with Gasteiger partial charge in [0.25, 0.3) is 5.56 Å². The predicted octanol–water partition coefficient (Wildman–Crippen LogP) is 6.51. The molecule has 0 radical (unpaired) electrons. The van der Waals surface area contributed by atoms with Gasteiger partial charge in [0.2, 0.25) is 5.91 Å². The third-order valence-electron chi connectivity index (χ3n) is 10.4. The number of aromatic amines is 1. The summed E-state index contributed by atoms with van der Waals surface area (Å²) < 4.78 is 20.1. The zero-order valence-corrected chi connectivity index (χ0v) is 30.2. The van der Waals surface area contributed by atoms with Crippen LogP contribution < -0.4 is 16.1 Å². The molecule has 0 bridgehead atoms. The van der Waals surface area contributed by atoms with Gasteiger partial charge in [-0.1, -0.05) is 51.9 Å². The van der Waals surface area contributed by atoms with Gasteiger partial charge in [-0.2, -0.15) is 0 Å². The molecular weight excluding hydrogens is 657 g/mol. The van der Waals surface area contributed by atoms with Gasteiger partial charge in [0.05, 0.1) is 44.3 Å². The number of aromatic nitrogens is 5. The minimum Gasteiger partial charge on any atom is -0.364 e. The number of rotatable bonds is 5. The van der Waals surface area contributed by atoms with E-state index in [0.717, 1.165) is 0 Å². The Labute approximate surface area is 294 Å². The summed E-state index contributed by atoms with van der Waals surface area (Å²) in [6, 6.07) is 4.82. The van der Waals surface area contributed by atoms with Crippen molar-refractivity contribution in [2.24, 2.45) is 7.05 Å². The second-order valence-corrected chi connectivity index (χ2v) is 14.6. The van der Waals surface area contributed by atoms with Crippen molar-refractivity contribution in [1.29, 1.82) is 0 Å². The molecule has 1 saturated heterocycles. The third kappa shape index (κ3) is 4.92. The van der Waals surface area contributed by atoms with E-state index >= 15 is 9.18 Å². The molecule has 5 heterocycles. The van der Waals surface area contributed by atoms with E-state index in [2.05, 4.69) is 26.4 Å². The van der Waals surface area contributed by atoms with Gasteiger partial charge >= 0.3 is 5.69 Å². The van der Waals surface area contributed by atoms with Crippen molar-refractivity contribution in [2.75, 3.05) is 18.0 Å². The number of amides is 1. The summed E-state index contributed by atoms with van der Waals surface area (Å²) in [6.07, 6.45) is 3.93. The number of halogens is 2. The van der Waals surface area contributed by atoms with Crippen LogP contribution in [0.2, 0.25) is 5.02 Å². The summed E-state index contributed by atoms with van der Waals surface area (Å²) in [5.74, 6) is -0.869. The van der Waals surface area contributed by atoms with Gasteiger partial charge in [-0.25, -0.2) is 19.2 Å². The van der Waals surface area contributed by atoms with Crippen molar-refractivity contribution < 1.29 is 9.18 Å². The maximum atomic E-state index is 17.1. The van der Waals surface area contributed by atoms with Crippen molar-refractivity contribution >= 4 is 45.1 Å². The number of nitrogens with one attached hydrogen (secondary N) is 1. The van der Waals surface area contributed by atoms with E-state index < -0.39 is 5.82 Å². The number of benzene rings is 2. The first-order valence-corrected chi connectivity index (χ1v) is 17.5. The summed E-state index contributed by atoms with van der Waals surface area (Å²) in [7, 11) is 1.63. The number of fused-ring (bicyclic) bond motifs is 6. The van der Waals surface area contributed by atoms with Crippen LogP contribution in [-0.4, -0.2) is 60.1 Å². The molecule has 1 amide bonds. The second-order valence-electron chi connectivity index (χ2n) is 14.2. The maximum Gasteiger partial charge on any atom is 0.326 e. The summed E-state index contributed by atoms with van der Waals surface area (Å²) in [5.41, 5.74) is 5.19. The standard InChI is InChI=1S/C38H41ClFN7O3/c1-9-27(48)45-16-22-11-12-23-33(46(22)15-21(45)7)24-14-25(40)29(28-20(6)10-13-26-35(28)44(8)38(50)43-26)30(39)34(24)47(37(23)49)36-31(18(2)3)41-17-42-32(36)19(4)5/h9-10,13-14,17-19,21-22H,1,11-12,15-16H2,2-8H3,(H,43,50). The lowest BCUT2D eigenvalue weighted by molar-refractivity contribution is -0.129. The Hall–Kier alpha value is -4.77. The van der Waals surface area contributed by atoms with Gasteiger partial charge in [0, 0.05) is 54.3 Å². The molecule has 2 aliphatic heterocycles. The highest BCUT2D eigenvalue weighted by atomic mass is 35.5. The second kappa shape index (κ2) is 12.2. The molecule has 50 heavy (non-hydrogen) atoms. The molecule has 1 fully saturated rings. The minimum atomic E-state index is -0.577. The van der Waals surface area contributed by atoms with Gasteiger partial charge in [0.1, 0.15) is 12.1 Å².